The Kier molecular flexibility index (Phi) is 60.8. The second kappa shape index (κ2) is 63.9. The number of hydrogen-bond acceptors (Lipinski definition) is 6. The van der Waals surface area contributed by atoms with Crippen LogP contribution in [-0.4, -0.2) is 37.2 Å². The SMILES string of the molecule is CC/C=C\C/C=C\C/C=C\C/C=C\CCCCCCCCCCCCC(=O)OCC(COC(=O)CCCCCCC/C=C\CCCCCCCCC)OC(=O)CCCCCCCC/C=C\C/C=C\C/C=C\CCCCC. The van der Waals surface area contributed by atoms with E-state index in [0.29, 0.717) is 19.3 Å². The van der Waals surface area contributed by atoms with Gasteiger partial charge in [-0.2, -0.15) is 0 Å². The number of unbranched alkanes of at least 4 members (excludes halogenated alkanes) is 31. The van der Waals surface area contributed by atoms with E-state index in [1.54, 1.807) is 0 Å². The van der Waals surface area contributed by atoms with Crippen LogP contribution < -0.4 is 0 Å². The Hall–Kier alpha value is -3.67. The first-order valence-electron chi connectivity index (χ1n) is 32.2. The van der Waals surface area contributed by atoms with Crippen LogP contribution in [0.3, 0.4) is 0 Å². The molecule has 0 aliphatic heterocycles. The van der Waals surface area contributed by atoms with Crippen molar-refractivity contribution in [2.75, 3.05) is 13.2 Å². The average Bonchev–Trinajstić information content (AvgIpc) is 3.42. The van der Waals surface area contributed by atoms with Gasteiger partial charge in [-0.1, -0.05) is 266 Å². The number of esters is 3. The van der Waals surface area contributed by atoms with E-state index in [-0.39, 0.29) is 31.1 Å². The molecule has 0 spiro atoms. The highest BCUT2D eigenvalue weighted by atomic mass is 16.6. The average molecular weight is 1060 g/mol. The van der Waals surface area contributed by atoms with Crippen molar-refractivity contribution in [3.63, 3.8) is 0 Å². The lowest BCUT2D eigenvalue weighted by Gasteiger charge is -2.18. The van der Waals surface area contributed by atoms with Crippen molar-refractivity contribution in [2.24, 2.45) is 0 Å². The summed E-state index contributed by atoms with van der Waals surface area (Å²) in [5.41, 5.74) is 0. The molecule has 0 aliphatic carbocycles. The number of carbonyl (C=O) groups excluding carboxylic acids is 3. The molecule has 0 heterocycles. The van der Waals surface area contributed by atoms with Gasteiger partial charge in [-0.05, 0) is 122 Å². The molecule has 1 atom stereocenters. The summed E-state index contributed by atoms with van der Waals surface area (Å²) in [7, 11) is 0. The molecule has 0 saturated carbocycles. The number of carbonyl (C=O) groups is 3. The fraction of sp³-hybridized carbons (Fsp3) is 0.729. The maximum absolute atomic E-state index is 12.9. The third-order valence-corrected chi connectivity index (χ3v) is 13.8. The molecular formula is C70H120O6. The van der Waals surface area contributed by atoms with Crippen LogP contribution in [0.1, 0.15) is 310 Å². The van der Waals surface area contributed by atoms with Gasteiger partial charge in [0, 0.05) is 19.3 Å². The number of ether oxygens (including phenoxy) is 3. The molecule has 0 radical (unpaired) electrons. The Morgan fingerprint density at radius 2 is 0.513 bits per heavy atom. The molecular weight excluding hydrogens is 937 g/mol. The molecule has 0 N–H and O–H groups in total. The van der Waals surface area contributed by atoms with E-state index in [4.69, 9.17) is 14.2 Å². The van der Waals surface area contributed by atoms with Crippen molar-refractivity contribution in [1.82, 2.24) is 0 Å². The first-order chi connectivity index (χ1) is 37.5. The zero-order valence-electron chi connectivity index (χ0n) is 50.0. The highest BCUT2D eigenvalue weighted by Gasteiger charge is 2.19. The van der Waals surface area contributed by atoms with Crippen molar-refractivity contribution >= 4 is 17.9 Å². The molecule has 0 aromatic heterocycles. The van der Waals surface area contributed by atoms with Crippen LogP contribution in [0.15, 0.2) is 97.2 Å². The van der Waals surface area contributed by atoms with Crippen molar-refractivity contribution in [3.8, 4) is 0 Å². The highest BCUT2D eigenvalue weighted by Crippen LogP contribution is 2.16. The Balaban J connectivity index is 4.40. The predicted molar refractivity (Wildman–Crippen MR) is 330 cm³/mol. The van der Waals surface area contributed by atoms with Crippen LogP contribution in [0.4, 0.5) is 0 Å². The Bertz CT molecular complexity index is 1490. The number of allylic oxidation sites excluding steroid dienone is 16. The standard InChI is InChI=1S/C70H120O6/c1-4-7-10-13-16-19-22-25-28-31-33-34-35-36-38-39-42-45-48-51-54-57-60-63-69(72)75-66-67(65-74-68(71)62-59-56-53-50-47-44-41-30-27-24-21-18-15-12-9-6-3)76-70(73)64-61-58-55-52-49-46-43-40-37-32-29-26-23-20-17-14-11-8-5-2/h7,10,16-17,19-20,25-26,28-30,33-34,37,40-41,67H,4-6,8-9,11-15,18,21-24,27,31-32,35-36,38-39,42-66H2,1-3H3/b10-7-,19-16-,20-17-,28-25-,29-26-,34-33-,40-37-,41-30-. The minimum Gasteiger partial charge on any atom is -0.462 e. The minimum atomic E-state index is -0.792. The van der Waals surface area contributed by atoms with Gasteiger partial charge in [0.1, 0.15) is 13.2 Å². The monoisotopic (exact) mass is 1060 g/mol. The first-order valence-corrected chi connectivity index (χ1v) is 32.2. The number of rotatable bonds is 58. The molecule has 0 amide bonds. The second-order valence-corrected chi connectivity index (χ2v) is 21.3. The molecule has 0 aliphatic rings. The fourth-order valence-electron chi connectivity index (χ4n) is 8.97. The van der Waals surface area contributed by atoms with Gasteiger partial charge in [0.05, 0.1) is 0 Å². The summed E-state index contributed by atoms with van der Waals surface area (Å²) < 4.78 is 16.9. The van der Waals surface area contributed by atoms with Crippen LogP contribution in [-0.2, 0) is 28.6 Å². The Labute approximate surface area is 470 Å². The third kappa shape index (κ3) is 61.2. The van der Waals surface area contributed by atoms with E-state index in [1.807, 2.05) is 0 Å². The summed E-state index contributed by atoms with van der Waals surface area (Å²) in [5.74, 6) is -0.902. The first kappa shape index (κ1) is 72.3. The van der Waals surface area contributed by atoms with Crippen molar-refractivity contribution in [1.29, 1.82) is 0 Å². The Morgan fingerprint density at radius 1 is 0.276 bits per heavy atom. The van der Waals surface area contributed by atoms with E-state index >= 15 is 0 Å². The normalized spacial score (nSPS) is 12.7. The minimum absolute atomic E-state index is 0.0872. The Morgan fingerprint density at radius 3 is 0.842 bits per heavy atom. The van der Waals surface area contributed by atoms with Crippen molar-refractivity contribution < 1.29 is 28.6 Å². The second-order valence-electron chi connectivity index (χ2n) is 21.3. The maximum Gasteiger partial charge on any atom is 0.306 e. The molecule has 6 heteroatoms. The van der Waals surface area contributed by atoms with E-state index < -0.39 is 6.10 Å². The van der Waals surface area contributed by atoms with Gasteiger partial charge < -0.3 is 14.2 Å². The lowest BCUT2D eigenvalue weighted by molar-refractivity contribution is -0.167. The van der Waals surface area contributed by atoms with Crippen LogP contribution in [0.5, 0.6) is 0 Å². The van der Waals surface area contributed by atoms with Gasteiger partial charge in [-0.25, -0.2) is 0 Å². The molecule has 0 rings (SSSR count). The van der Waals surface area contributed by atoms with Crippen molar-refractivity contribution in [2.45, 2.75) is 316 Å². The van der Waals surface area contributed by atoms with Crippen LogP contribution >= 0.6 is 0 Å². The van der Waals surface area contributed by atoms with Gasteiger partial charge in [0.15, 0.2) is 6.10 Å². The molecule has 436 valence electrons. The molecule has 0 bridgehead atoms. The highest BCUT2D eigenvalue weighted by molar-refractivity contribution is 5.71. The smallest absolute Gasteiger partial charge is 0.306 e. The largest absolute Gasteiger partial charge is 0.462 e. The third-order valence-electron chi connectivity index (χ3n) is 13.8. The summed E-state index contributed by atoms with van der Waals surface area (Å²) >= 11 is 0. The van der Waals surface area contributed by atoms with Crippen LogP contribution in [0.2, 0.25) is 0 Å². The molecule has 1 unspecified atom stereocenters. The molecule has 0 fully saturated rings. The quantitative estimate of drug-likeness (QED) is 0.0261. The maximum atomic E-state index is 12.9. The molecule has 0 aromatic carbocycles. The summed E-state index contributed by atoms with van der Waals surface area (Å²) in [6.45, 7) is 6.50. The summed E-state index contributed by atoms with van der Waals surface area (Å²) in [6.07, 6.45) is 85.4. The van der Waals surface area contributed by atoms with Gasteiger partial charge in [-0.15, -0.1) is 0 Å². The molecule has 76 heavy (non-hydrogen) atoms. The molecule has 0 aromatic rings. The fourth-order valence-corrected chi connectivity index (χ4v) is 8.97. The molecule has 0 saturated heterocycles. The summed E-state index contributed by atoms with van der Waals surface area (Å²) in [6, 6.07) is 0. The summed E-state index contributed by atoms with van der Waals surface area (Å²) in [5, 5.41) is 0. The summed E-state index contributed by atoms with van der Waals surface area (Å²) in [4.78, 5) is 38.4. The zero-order chi connectivity index (χ0) is 55.0. The van der Waals surface area contributed by atoms with E-state index in [9.17, 15) is 14.4 Å². The van der Waals surface area contributed by atoms with Gasteiger partial charge in [0.25, 0.3) is 0 Å². The van der Waals surface area contributed by atoms with E-state index in [0.717, 1.165) is 116 Å². The predicted octanol–water partition coefficient (Wildman–Crippen LogP) is 22.0. The topological polar surface area (TPSA) is 78.9 Å². The van der Waals surface area contributed by atoms with Crippen molar-refractivity contribution in [3.05, 3.63) is 97.2 Å². The van der Waals surface area contributed by atoms with Crippen LogP contribution in [0.25, 0.3) is 0 Å². The van der Waals surface area contributed by atoms with Gasteiger partial charge in [-0.3, -0.25) is 14.4 Å². The van der Waals surface area contributed by atoms with Gasteiger partial charge >= 0.3 is 17.9 Å². The van der Waals surface area contributed by atoms with E-state index in [1.165, 1.54) is 154 Å². The van der Waals surface area contributed by atoms with Crippen LogP contribution in [0, 0.1) is 0 Å². The lowest BCUT2D eigenvalue weighted by Crippen LogP contribution is -2.30. The molecule has 6 nitrogen and oxygen atoms in total. The zero-order valence-corrected chi connectivity index (χ0v) is 50.0. The van der Waals surface area contributed by atoms with E-state index in [2.05, 4.69) is 118 Å². The lowest BCUT2D eigenvalue weighted by atomic mass is 10.1. The number of hydrogen-bond donors (Lipinski definition) is 0. The van der Waals surface area contributed by atoms with Gasteiger partial charge in [0.2, 0.25) is 0 Å².